The van der Waals surface area contributed by atoms with Gasteiger partial charge in [0.15, 0.2) is 12.4 Å². The van der Waals surface area contributed by atoms with Gasteiger partial charge in [0.05, 0.1) is 0 Å². The lowest BCUT2D eigenvalue weighted by Crippen LogP contribution is -2.26. The van der Waals surface area contributed by atoms with Gasteiger partial charge in [-0.2, -0.15) is 10.1 Å². The van der Waals surface area contributed by atoms with Gasteiger partial charge >= 0.3 is 0 Å². The maximum atomic E-state index is 5.62. The molecule has 0 unspecified atom stereocenters. The average molecular weight is 207 g/mol. The Morgan fingerprint density at radius 1 is 1.21 bits per heavy atom. The van der Waals surface area contributed by atoms with Crippen molar-refractivity contribution >= 4 is 17.4 Å². The molecule has 0 aliphatic heterocycles. The van der Waals surface area contributed by atoms with E-state index in [-0.39, 0.29) is 5.28 Å². The smallest absolute Gasteiger partial charge is 0.182 e. The highest BCUT2D eigenvalue weighted by atomic mass is 35.5. The molecular weight excluding hydrogens is 200 g/mol. The topological polar surface area (TPSA) is 43.8 Å². The number of hydrogen-bond donors (Lipinski definition) is 0. The minimum Gasteiger partial charge on any atom is -0.405 e. The van der Waals surface area contributed by atoms with Gasteiger partial charge in [0.25, 0.3) is 0 Å². The zero-order valence-electron chi connectivity index (χ0n) is 7.21. The first-order valence-corrected chi connectivity index (χ1v) is 4.39. The Balaban J connectivity index is 2.19. The molecule has 2 aromatic rings. The summed E-state index contributed by atoms with van der Waals surface area (Å²) in [5, 5.41) is 0.197. The summed E-state index contributed by atoms with van der Waals surface area (Å²) >= 11 is 5.62. The predicted molar refractivity (Wildman–Crippen MR) is 52.1 cm³/mol. The fraction of sp³-hybridized carbons (Fsp3) is 0. The second-order valence-electron chi connectivity index (χ2n) is 2.54. The second kappa shape index (κ2) is 4.02. The van der Waals surface area contributed by atoms with E-state index in [1.807, 2.05) is 30.6 Å². The summed E-state index contributed by atoms with van der Waals surface area (Å²) in [5.41, 5.74) is 4.18. The molecule has 0 aliphatic carbocycles. The third-order valence-corrected chi connectivity index (χ3v) is 1.71. The lowest BCUT2D eigenvalue weighted by molar-refractivity contribution is -0.619. The molecule has 2 aromatic heterocycles. The van der Waals surface area contributed by atoms with Crippen molar-refractivity contribution in [1.82, 2.24) is 9.97 Å². The van der Waals surface area contributed by atoms with Gasteiger partial charge in [0.1, 0.15) is 5.28 Å². The van der Waals surface area contributed by atoms with Gasteiger partial charge in [-0.05, 0) is 6.07 Å². The Morgan fingerprint density at radius 3 is 2.71 bits per heavy atom. The van der Waals surface area contributed by atoms with Crippen molar-refractivity contribution in [2.75, 3.05) is 0 Å². The van der Waals surface area contributed by atoms with Crippen molar-refractivity contribution < 1.29 is 4.68 Å². The normalized spacial score (nSPS) is 9.79. The quantitative estimate of drug-likeness (QED) is 0.556. The first kappa shape index (κ1) is 8.90. The first-order chi connectivity index (χ1) is 6.84. The molecule has 4 nitrogen and oxygen atoms in total. The zero-order valence-corrected chi connectivity index (χ0v) is 7.96. The molecule has 14 heavy (non-hydrogen) atoms. The molecule has 0 saturated heterocycles. The molecule has 2 rings (SSSR count). The van der Waals surface area contributed by atoms with E-state index in [4.69, 9.17) is 11.6 Å². The Kier molecular flexibility index (Phi) is 2.55. The van der Waals surface area contributed by atoms with E-state index in [2.05, 4.69) is 15.4 Å². The highest BCUT2D eigenvalue weighted by Crippen LogP contribution is 2.11. The van der Waals surface area contributed by atoms with Crippen molar-refractivity contribution in [3.05, 3.63) is 53.6 Å². The third kappa shape index (κ3) is 2.17. The minimum atomic E-state index is 0.197. The standard InChI is InChI=1S/C9H7ClN4/c10-9-11-5-4-8(12-9)13-14-6-2-1-3-7-14/h1-7H. The summed E-state index contributed by atoms with van der Waals surface area (Å²) in [6.07, 6.45) is 5.20. The van der Waals surface area contributed by atoms with Gasteiger partial charge in [0, 0.05) is 24.1 Å². The highest BCUT2D eigenvalue weighted by Gasteiger charge is 1.92. The maximum Gasteiger partial charge on any atom is 0.182 e. The largest absolute Gasteiger partial charge is 0.405 e. The van der Waals surface area contributed by atoms with E-state index in [0.717, 1.165) is 0 Å². The number of halogens is 1. The summed E-state index contributed by atoms with van der Waals surface area (Å²) in [5.74, 6) is 0.529. The Bertz CT molecular complexity index is 418. The van der Waals surface area contributed by atoms with Crippen LogP contribution in [0.3, 0.4) is 0 Å². The van der Waals surface area contributed by atoms with Gasteiger partial charge in [-0.25, -0.2) is 4.98 Å². The van der Waals surface area contributed by atoms with Crippen LogP contribution in [0.1, 0.15) is 0 Å². The van der Waals surface area contributed by atoms with Crippen LogP contribution in [0.5, 0.6) is 0 Å². The van der Waals surface area contributed by atoms with Gasteiger partial charge in [-0.1, -0.05) is 17.7 Å². The van der Waals surface area contributed by atoms with Crippen molar-refractivity contribution in [2.45, 2.75) is 0 Å². The van der Waals surface area contributed by atoms with Crippen molar-refractivity contribution in [3.63, 3.8) is 0 Å². The molecule has 0 amide bonds. The molecule has 0 aliphatic rings. The molecule has 5 heteroatoms. The van der Waals surface area contributed by atoms with Crippen molar-refractivity contribution in [3.8, 4) is 0 Å². The summed E-state index contributed by atoms with van der Waals surface area (Å²) in [4.78, 5) is 7.70. The molecule has 0 radical (unpaired) electrons. The van der Waals surface area contributed by atoms with Crippen LogP contribution in [0.25, 0.3) is 5.43 Å². The highest BCUT2D eigenvalue weighted by molar-refractivity contribution is 6.28. The molecule has 0 saturated carbocycles. The SMILES string of the molecule is Clc1nccc([N-][n+]2ccccc2)n1. The predicted octanol–water partition coefficient (Wildman–Crippen LogP) is 1.89. The summed E-state index contributed by atoms with van der Waals surface area (Å²) in [6.45, 7) is 0. The van der Waals surface area contributed by atoms with Gasteiger partial charge in [-0.3, -0.25) is 0 Å². The third-order valence-electron chi connectivity index (χ3n) is 1.53. The van der Waals surface area contributed by atoms with E-state index >= 15 is 0 Å². The number of nitrogens with zero attached hydrogens (tertiary/aromatic N) is 4. The fourth-order valence-electron chi connectivity index (χ4n) is 0.956. The van der Waals surface area contributed by atoms with Crippen LogP contribution in [-0.2, 0) is 0 Å². The lowest BCUT2D eigenvalue weighted by atomic mass is 10.5. The van der Waals surface area contributed by atoms with E-state index in [1.54, 1.807) is 16.9 Å². The second-order valence-corrected chi connectivity index (χ2v) is 2.88. The van der Waals surface area contributed by atoms with E-state index in [1.165, 1.54) is 0 Å². The van der Waals surface area contributed by atoms with Crippen LogP contribution < -0.4 is 4.68 Å². The molecule has 0 aromatic carbocycles. The van der Waals surface area contributed by atoms with Gasteiger partial charge < -0.3 is 4.98 Å². The average Bonchev–Trinajstić information content (AvgIpc) is 2.19. The van der Waals surface area contributed by atoms with E-state index in [9.17, 15) is 0 Å². The number of aromatic nitrogens is 3. The fourth-order valence-corrected chi connectivity index (χ4v) is 1.10. The van der Waals surface area contributed by atoms with Crippen LogP contribution in [0.15, 0.2) is 42.9 Å². The van der Waals surface area contributed by atoms with Crippen LogP contribution in [-0.4, -0.2) is 9.97 Å². The summed E-state index contributed by atoms with van der Waals surface area (Å²) < 4.78 is 1.65. The first-order valence-electron chi connectivity index (χ1n) is 4.01. The zero-order chi connectivity index (χ0) is 9.80. The van der Waals surface area contributed by atoms with Crippen LogP contribution >= 0.6 is 11.6 Å². The molecule has 0 atom stereocenters. The molecule has 0 N–H and O–H groups in total. The number of rotatable bonds is 2. The van der Waals surface area contributed by atoms with Crippen LogP contribution in [0, 0.1) is 0 Å². The Labute approximate surface area is 86.2 Å². The lowest BCUT2D eigenvalue weighted by Gasteiger charge is -2.07. The van der Waals surface area contributed by atoms with Gasteiger partial charge in [-0.15, -0.1) is 0 Å². The molecule has 0 spiro atoms. The molecule has 0 bridgehead atoms. The Morgan fingerprint density at radius 2 is 2.00 bits per heavy atom. The van der Waals surface area contributed by atoms with Gasteiger partial charge in [0.2, 0.25) is 0 Å². The monoisotopic (exact) mass is 206 g/mol. The molecule has 0 fully saturated rings. The maximum absolute atomic E-state index is 5.62. The Hall–Kier alpha value is -1.68. The number of hydrogen-bond acceptors (Lipinski definition) is 2. The molecular formula is C9H7ClN4. The summed E-state index contributed by atoms with van der Waals surface area (Å²) in [6, 6.07) is 7.36. The number of pyridine rings is 1. The minimum absolute atomic E-state index is 0.197. The van der Waals surface area contributed by atoms with Crippen LogP contribution in [0.4, 0.5) is 5.82 Å². The molecule has 70 valence electrons. The van der Waals surface area contributed by atoms with Crippen LogP contribution in [0.2, 0.25) is 5.28 Å². The van der Waals surface area contributed by atoms with E-state index < -0.39 is 0 Å². The molecule has 2 heterocycles. The van der Waals surface area contributed by atoms with E-state index in [0.29, 0.717) is 5.82 Å². The van der Waals surface area contributed by atoms with Crippen molar-refractivity contribution in [1.29, 1.82) is 0 Å². The summed E-state index contributed by atoms with van der Waals surface area (Å²) in [7, 11) is 0. The van der Waals surface area contributed by atoms with Crippen molar-refractivity contribution in [2.24, 2.45) is 0 Å².